The molecule has 4 aromatic rings. The van der Waals surface area contributed by atoms with Gasteiger partial charge in [-0.05, 0) is 42.0 Å². The number of hydrogen-bond donors (Lipinski definition) is 2. The first kappa shape index (κ1) is 17.7. The second-order valence-electron chi connectivity index (χ2n) is 6.48. The Hall–Kier alpha value is -3.74. The number of anilines is 2. The van der Waals surface area contributed by atoms with Crippen molar-refractivity contribution in [3.8, 4) is 0 Å². The first-order valence-corrected chi connectivity index (χ1v) is 8.74. The lowest BCUT2D eigenvalue weighted by Crippen LogP contribution is -2.20. The number of carbonyl (C=O) groups excluding carboxylic acids is 1. The molecule has 0 radical (unpaired) electrons. The summed E-state index contributed by atoms with van der Waals surface area (Å²) in [6, 6.07) is 15.5. The fourth-order valence-electron chi connectivity index (χ4n) is 2.95. The van der Waals surface area contributed by atoms with Gasteiger partial charge in [0.1, 0.15) is 23.7 Å². The molecule has 7 heteroatoms. The van der Waals surface area contributed by atoms with Crippen LogP contribution >= 0.6 is 0 Å². The van der Waals surface area contributed by atoms with Gasteiger partial charge >= 0.3 is 0 Å². The molecular formula is C21H18FN5O. The smallest absolute Gasteiger partial charge is 0.274 e. The Labute approximate surface area is 161 Å². The number of nitrogens with one attached hydrogen (secondary N) is 2. The quantitative estimate of drug-likeness (QED) is 0.553. The molecule has 0 aliphatic rings. The second-order valence-corrected chi connectivity index (χ2v) is 6.48. The first-order chi connectivity index (χ1) is 13.6. The average molecular weight is 375 g/mol. The normalized spacial score (nSPS) is 10.8. The Morgan fingerprint density at radius 3 is 2.75 bits per heavy atom. The minimum Gasteiger partial charge on any atom is -0.361 e. The zero-order valence-electron chi connectivity index (χ0n) is 15.2. The topological polar surface area (TPSA) is 73.9 Å². The van der Waals surface area contributed by atoms with Crippen molar-refractivity contribution in [3.63, 3.8) is 0 Å². The molecule has 0 bridgehead atoms. The summed E-state index contributed by atoms with van der Waals surface area (Å²) in [7, 11) is 1.85. The van der Waals surface area contributed by atoms with E-state index in [4.69, 9.17) is 0 Å². The first-order valence-electron chi connectivity index (χ1n) is 8.74. The molecule has 2 aromatic heterocycles. The van der Waals surface area contributed by atoms with Crippen LogP contribution in [0.15, 0.2) is 67.1 Å². The zero-order chi connectivity index (χ0) is 19.5. The van der Waals surface area contributed by atoms with Crippen molar-refractivity contribution in [2.45, 2.75) is 6.54 Å². The van der Waals surface area contributed by atoms with E-state index in [1.807, 2.05) is 42.4 Å². The van der Waals surface area contributed by atoms with Crippen LogP contribution in [-0.2, 0) is 6.54 Å². The Morgan fingerprint density at radius 2 is 1.93 bits per heavy atom. The van der Waals surface area contributed by atoms with E-state index in [0.29, 0.717) is 18.1 Å². The van der Waals surface area contributed by atoms with Crippen molar-refractivity contribution >= 4 is 28.3 Å². The van der Waals surface area contributed by atoms with Crippen LogP contribution < -0.4 is 10.2 Å². The highest BCUT2D eigenvalue weighted by Gasteiger charge is 2.12. The highest BCUT2D eigenvalue weighted by molar-refractivity contribution is 6.04. The van der Waals surface area contributed by atoms with E-state index in [9.17, 15) is 9.18 Å². The Kier molecular flexibility index (Phi) is 4.72. The fourth-order valence-corrected chi connectivity index (χ4v) is 2.95. The molecule has 2 aromatic carbocycles. The Bertz CT molecular complexity index is 1120. The molecule has 0 spiro atoms. The summed E-state index contributed by atoms with van der Waals surface area (Å²) in [6.07, 6.45) is 3.21. The van der Waals surface area contributed by atoms with Gasteiger partial charge in [-0.25, -0.2) is 14.4 Å². The van der Waals surface area contributed by atoms with Crippen LogP contribution in [0.4, 0.5) is 15.9 Å². The number of aromatic amines is 1. The number of amides is 1. The number of rotatable bonds is 5. The molecule has 6 nitrogen and oxygen atoms in total. The highest BCUT2D eigenvalue weighted by atomic mass is 19.1. The number of carbonyl (C=O) groups is 1. The summed E-state index contributed by atoms with van der Waals surface area (Å²) in [6.45, 7) is 0.530. The lowest BCUT2D eigenvalue weighted by molar-refractivity contribution is 0.102. The maximum Gasteiger partial charge on any atom is 0.274 e. The van der Waals surface area contributed by atoms with Crippen LogP contribution in [0.2, 0.25) is 0 Å². The minimum atomic E-state index is -0.311. The van der Waals surface area contributed by atoms with Crippen LogP contribution in [-0.4, -0.2) is 27.9 Å². The lowest BCUT2D eigenvalue weighted by atomic mass is 10.2. The maximum atomic E-state index is 13.1. The van der Waals surface area contributed by atoms with Gasteiger partial charge in [0.15, 0.2) is 0 Å². The summed E-state index contributed by atoms with van der Waals surface area (Å²) < 4.78 is 13.1. The van der Waals surface area contributed by atoms with E-state index in [1.165, 1.54) is 18.5 Å². The lowest BCUT2D eigenvalue weighted by Gasteiger charge is -2.18. The highest BCUT2D eigenvalue weighted by Crippen LogP contribution is 2.19. The number of halogens is 1. The SMILES string of the molecule is CN(Cc1ccc(F)cc1)c1cc(C(=O)Nc2ccc3[nH]ccc3c2)ncn1. The van der Waals surface area contributed by atoms with Crippen LogP contribution in [0.1, 0.15) is 16.1 Å². The van der Waals surface area contributed by atoms with E-state index in [-0.39, 0.29) is 17.4 Å². The van der Waals surface area contributed by atoms with Gasteiger partial charge in [-0.1, -0.05) is 12.1 Å². The number of H-pyrrole nitrogens is 1. The molecule has 0 aliphatic carbocycles. The van der Waals surface area contributed by atoms with Gasteiger partial charge in [0.25, 0.3) is 5.91 Å². The predicted molar refractivity (Wildman–Crippen MR) is 107 cm³/mol. The largest absolute Gasteiger partial charge is 0.361 e. The van der Waals surface area contributed by atoms with Crippen molar-refractivity contribution in [1.82, 2.24) is 15.0 Å². The van der Waals surface area contributed by atoms with Gasteiger partial charge in [0, 0.05) is 42.4 Å². The van der Waals surface area contributed by atoms with Crippen molar-refractivity contribution in [2.75, 3.05) is 17.3 Å². The average Bonchev–Trinajstić information content (AvgIpc) is 3.17. The summed E-state index contributed by atoms with van der Waals surface area (Å²) in [5.74, 6) is 0.0181. The van der Waals surface area contributed by atoms with E-state index >= 15 is 0 Å². The molecule has 2 N–H and O–H groups in total. The second kappa shape index (κ2) is 7.48. The Balaban J connectivity index is 1.48. The van der Waals surface area contributed by atoms with Gasteiger partial charge in [-0.3, -0.25) is 4.79 Å². The molecule has 0 unspecified atom stereocenters. The number of benzene rings is 2. The van der Waals surface area contributed by atoms with Crippen molar-refractivity contribution in [3.05, 3.63) is 84.2 Å². The molecule has 0 atom stereocenters. The fraction of sp³-hybridized carbons (Fsp3) is 0.0952. The molecule has 2 heterocycles. The third kappa shape index (κ3) is 3.83. The van der Waals surface area contributed by atoms with Gasteiger partial charge < -0.3 is 15.2 Å². The van der Waals surface area contributed by atoms with Gasteiger partial charge in [-0.15, -0.1) is 0 Å². The molecule has 140 valence electrons. The molecule has 28 heavy (non-hydrogen) atoms. The third-order valence-corrected chi connectivity index (χ3v) is 4.42. The molecular weight excluding hydrogens is 357 g/mol. The minimum absolute atomic E-state index is 0.269. The van der Waals surface area contributed by atoms with Crippen molar-refractivity contribution in [2.24, 2.45) is 0 Å². The molecule has 0 saturated heterocycles. The van der Waals surface area contributed by atoms with Crippen LogP contribution in [0, 0.1) is 5.82 Å². The van der Waals surface area contributed by atoms with E-state index < -0.39 is 0 Å². The Morgan fingerprint density at radius 1 is 1.11 bits per heavy atom. The zero-order valence-corrected chi connectivity index (χ0v) is 15.2. The van der Waals surface area contributed by atoms with Gasteiger partial charge in [0.2, 0.25) is 0 Å². The molecule has 0 aliphatic heterocycles. The number of nitrogens with zero attached hydrogens (tertiary/aromatic N) is 3. The molecule has 0 fully saturated rings. The number of aromatic nitrogens is 3. The van der Waals surface area contributed by atoms with E-state index in [0.717, 1.165) is 16.5 Å². The molecule has 1 amide bonds. The number of hydrogen-bond acceptors (Lipinski definition) is 4. The summed E-state index contributed by atoms with van der Waals surface area (Å²) >= 11 is 0. The van der Waals surface area contributed by atoms with E-state index in [2.05, 4.69) is 20.3 Å². The van der Waals surface area contributed by atoms with E-state index in [1.54, 1.807) is 18.2 Å². The van der Waals surface area contributed by atoms with Crippen LogP contribution in [0.3, 0.4) is 0 Å². The predicted octanol–water partition coefficient (Wildman–Crippen LogP) is 3.99. The van der Waals surface area contributed by atoms with Gasteiger partial charge in [0.05, 0.1) is 0 Å². The summed E-state index contributed by atoms with van der Waals surface area (Å²) in [4.78, 5) is 25.9. The van der Waals surface area contributed by atoms with Crippen molar-refractivity contribution in [1.29, 1.82) is 0 Å². The van der Waals surface area contributed by atoms with Crippen molar-refractivity contribution < 1.29 is 9.18 Å². The van der Waals surface area contributed by atoms with Crippen LogP contribution in [0.5, 0.6) is 0 Å². The molecule has 4 rings (SSSR count). The maximum absolute atomic E-state index is 13.1. The molecule has 0 saturated carbocycles. The number of fused-ring (bicyclic) bond motifs is 1. The monoisotopic (exact) mass is 375 g/mol. The third-order valence-electron chi connectivity index (χ3n) is 4.42. The standard InChI is InChI=1S/C21H18FN5O/c1-27(12-14-2-4-16(22)5-3-14)20-11-19(24-13-25-20)21(28)26-17-6-7-18-15(10-17)8-9-23-18/h2-11,13,23H,12H2,1H3,(H,26,28). The summed E-state index contributed by atoms with van der Waals surface area (Å²) in [5, 5.41) is 3.87. The van der Waals surface area contributed by atoms with Crippen LogP contribution in [0.25, 0.3) is 10.9 Å². The summed E-state index contributed by atoms with van der Waals surface area (Å²) in [5.41, 5.74) is 2.90. The van der Waals surface area contributed by atoms with Gasteiger partial charge in [-0.2, -0.15) is 0 Å².